The van der Waals surface area contributed by atoms with Crippen LogP contribution in [0.2, 0.25) is 0 Å². The molecule has 2 N–H and O–H groups in total. The lowest BCUT2D eigenvalue weighted by Gasteiger charge is -2.23. The lowest BCUT2D eigenvalue weighted by molar-refractivity contribution is -0.140. The van der Waals surface area contributed by atoms with Crippen molar-refractivity contribution in [1.82, 2.24) is 4.72 Å². The fourth-order valence-electron chi connectivity index (χ4n) is 1.45. The van der Waals surface area contributed by atoms with E-state index in [4.69, 9.17) is 5.11 Å². The Morgan fingerprint density at radius 2 is 1.82 bits per heavy atom. The van der Waals surface area contributed by atoms with E-state index in [2.05, 4.69) is 4.72 Å². The normalized spacial score (nSPS) is 16.5. The van der Waals surface area contributed by atoms with Crippen LogP contribution in [0.25, 0.3) is 0 Å². The monoisotopic (exact) mass is 265 g/mol. The van der Waals surface area contributed by atoms with Crippen LogP contribution in [-0.2, 0) is 14.8 Å². The molecule has 0 heterocycles. The SMILES string of the molecule is CCC(C)[C@H](NS(=O)(=O)CC(C)(C)C)C(=O)O. The number of hydrogen-bond donors (Lipinski definition) is 2. The zero-order chi connectivity index (χ0) is 13.9. The fraction of sp³-hybridized carbons (Fsp3) is 0.909. The molecule has 0 radical (unpaired) electrons. The molecule has 0 rings (SSSR count). The molecule has 0 aromatic carbocycles. The van der Waals surface area contributed by atoms with E-state index in [0.717, 1.165) is 0 Å². The zero-order valence-electron chi connectivity index (χ0n) is 11.1. The van der Waals surface area contributed by atoms with Gasteiger partial charge in [-0.25, -0.2) is 13.1 Å². The molecule has 0 amide bonds. The van der Waals surface area contributed by atoms with E-state index < -0.39 is 27.4 Å². The van der Waals surface area contributed by atoms with Crippen molar-refractivity contribution in [1.29, 1.82) is 0 Å². The molecule has 1 unspecified atom stereocenters. The van der Waals surface area contributed by atoms with E-state index >= 15 is 0 Å². The Hall–Kier alpha value is -0.620. The van der Waals surface area contributed by atoms with Gasteiger partial charge in [0, 0.05) is 0 Å². The minimum absolute atomic E-state index is 0.0831. The first-order valence-corrected chi connectivity index (χ1v) is 7.36. The predicted octanol–water partition coefficient (Wildman–Crippen LogP) is 1.45. The highest BCUT2D eigenvalue weighted by Crippen LogP contribution is 2.17. The van der Waals surface area contributed by atoms with E-state index in [-0.39, 0.29) is 11.7 Å². The first-order chi connectivity index (χ1) is 7.48. The van der Waals surface area contributed by atoms with Crippen molar-refractivity contribution in [2.75, 3.05) is 5.75 Å². The third-order valence-electron chi connectivity index (χ3n) is 2.41. The maximum atomic E-state index is 11.8. The summed E-state index contributed by atoms with van der Waals surface area (Å²) in [5.74, 6) is -1.45. The maximum absolute atomic E-state index is 11.8. The number of hydrogen-bond acceptors (Lipinski definition) is 3. The minimum Gasteiger partial charge on any atom is -0.480 e. The van der Waals surface area contributed by atoms with Gasteiger partial charge in [0.05, 0.1) is 5.75 Å². The molecule has 17 heavy (non-hydrogen) atoms. The molecule has 0 aromatic rings. The van der Waals surface area contributed by atoms with E-state index in [1.165, 1.54) is 0 Å². The van der Waals surface area contributed by atoms with Gasteiger partial charge in [-0.15, -0.1) is 0 Å². The van der Waals surface area contributed by atoms with Gasteiger partial charge < -0.3 is 5.11 Å². The summed E-state index contributed by atoms with van der Waals surface area (Å²) in [6, 6.07) is -1.05. The van der Waals surface area contributed by atoms with Crippen molar-refractivity contribution in [3.63, 3.8) is 0 Å². The Morgan fingerprint density at radius 3 is 2.12 bits per heavy atom. The number of carboxylic acid groups (broad SMARTS) is 1. The summed E-state index contributed by atoms with van der Waals surface area (Å²) in [6.07, 6.45) is 0.606. The predicted molar refractivity (Wildman–Crippen MR) is 67.3 cm³/mol. The molecule has 5 nitrogen and oxygen atoms in total. The van der Waals surface area contributed by atoms with Gasteiger partial charge in [-0.1, -0.05) is 41.0 Å². The summed E-state index contributed by atoms with van der Waals surface area (Å²) < 4.78 is 25.9. The number of rotatable bonds is 6. The Morgan fingerprint density at radius 1 is 1.35 bits per heavy atom. The molecule has 2 atom stereocenters. The largest absolute Gasteiger partial charge is 0.480 e. The smallest absolute Gasteiger partial charge is 0.322 e. The molecule has 0 bridgehead atoms. The Labute approximate surface area is 104 Å². The molecule has 6 heteroatoms. The molecule has 0 saturated heterocycles. The summed E-state index contributed by atoms with van der Waals surface area (Å²) in [7, 11) is -3.57. The summed E-state index contributed by atoms with van der Waals surface area (Å²) in [4.78, 5) is 11.0. The topological polar surface area (TPSA) is 83.5 Å². The maximum Gasteiger partial charge on any atom is 0.322 e. The van der Waals surface area contributed by atoms with Crippen LogP contribution < -0.4 is 4.72 Å². The van der Waals surface area contributed by atoms with Crippen molar-refractivity contribution >= 4 is 16.0 Å². The highest BCUT2D eigenvalue weighted by atomic mass is 32.2. The minimum atomic E-state index is -3.57. The van der Waals surface area contributed by atoms with E-state index in [9.17, 15) is 13.2 Å². The molecule has 0 spiro atoms. The quantitative estimate of drug-likeness (QED) is 0.761. The van der Waals surface area contributed by atoms with Gasteiger partial charge in [-0.3, -0.25) is 4.79 Å². The Bertz CT molecular complexity index is 356. The number of carbonyl (C=O) groups is 1. The molecule has 0 aliphatic heterocycles. The van der Waals surface area contributed by atoms with E-state index in [1.54, 1.807) is 27.7 Å². The van der Waals surface area contributed by atoms with Crippen LogP contribution >= 0.6 is 0 Å². The Balaban J connectivity index is 4.83. The van der Waals surface area contributed by atoms with Crippen molar-refractivity contribution in [2.24, 2.45) is 11.3 Å². The molecular formula is C11H23NO4S. The van der Waals surface area contributed by atoms with Gasteiger partial charge in [0.2, 0.25) is 10.0 Å². The van der Waals surface area contributed by atoms with E-state index in [0.29, 0.717) is 6.42 Å². The van der Waals surface area contributed by atoms with Gasteiger partial charge >= 0.3 is 5.97 Å². The van der Waals surface area contributed by atoms with Crippen LogP contribution in [-0.4, -0.2) is 31.3 Å². The molecular weight excluding hydrogens is 242 g/mol. The van der Waals surface area contributed by atoms with Crippen molar-refractivity contribution in [3.05, 3.63) is 0 Å². The summed E-state index contributed by atoms with van der Waals surface area (Å²) in [6.45, 7) is 8.94. The summed E-state index contributed by atoms with van der Waals surface area (Å²) in [5.41, 5.74) is -0.398. The molecule has 102 valence electrons. The fourth-order valence-corrected chi connectivity index (χ4v) is 3.39. The molecule has 0 saturated carbocycles. The first kappa shape index (κ1) is 16.4. The van der Waals surface area contributed by atoms with Crippen LogP contribution in [0.1, 0.15) is 41.0 Å². The Kier molecular flexibility index (Phi) is 5.61. The molecule has 0 fully saturated rings. The zero-order valence-corrected chi connectivity index (χ0v) is 12.0. The number of carboxylic acids is 1. The molecule has 0 aliphatic carbocycles. The standard InChI is InChI=1S/C11H23NO4S/c1-6-8(2)9(10(13)14)12-17(15,16)7-11(3,4)5/h8-9,12H,6-7H2,1-5H3,(H,13,14)/t8?,9-/m0/s1. The average Bonchev–Trinajstić information content (AvgIpc) is 2.08. The summed E-state index contributed by atoms with van der Waals surface area (Å²) >= 11 is 0. The first-order valence-electron chi connectivity index (χ1n) is 5.71. The van der Waals surface area contributed by atoms with Gasteiger partial charge in [0.1, 0.15) is 6.04 Å². The second kappa shape index (κ2) is 5.82. The van der Waals surface area contributed by atoms with Crippen molar-refractivity contribution in [2.45, 2.75) is 47.1 Å². The van der Waals surface area contributed by atoms with Crippen LogP contribution in [0.15, 0.2) is 0 Å². The second-order valence-corrected chi connectivity index (χ2v) is 7.39. The van der Waals surface area contributed by atoms with Crippen LogP contribution in [0.5, 0.6) is 0 Å². The van der Waals surface area contributed by atoms with Crippen molar-refractivity contribution in [3.8, 4) is 0 Å². The lowest BCUT2D eigenvalue weighted by Crippen LogP contribution is -2.47. The van der Waals surface area contributed by atoms with Gasteiger partial charge in [-0.2, -0.15) is 0 Å². The van der Waals surface area contributed by atoms with Gasteiger partial charge in [0.25, 0.3) is 0 Å². The average molecular weight is 265 g/mol. The molecule has 0 aliphatic rings. The summed E-state index contributed by atoms with van der Waals surface area (Å²) in [5, 5.41) is 9.01. The molecule has 0 aromatic heterocycles. The third-order valence-corrected chi connectivity index (χ3v) is 4.27. The number of aliphatic carboxylic acids is 1. The van der Waals surface area contributed by atoms with Crippen LogP contribution in [0.3, 0.4) is 0 Å². The van der Waals surface area contributed by atoms with Gasteiger partial charge in [0.15, 0.2) is 0 Å². The highest BCUT2D eigenvalue weighted by molar-refractivity contribution is 7.89. The van der Waals surface area contributed by atoms with E-state index in [1.807, 2.05) is 6.92 Å². The van der Waals surface area contributed by atoms with Gasteiger partial charge in [-0.05, 0) is 11.3 Å². The third kappa shape index (κ3) is 6.63. The second-order valence-electron chi connectivity index (χ2n) is 5.64. The van der Waals surface area contributed by atoms with Crippen LogP contribution in [0.4, 0.5) is 0 Å². The lowest BCUT2D eigenvalue weighted by atomic mass is 10.0. The number of sulfonamides is 1. The number of nitrogens with one attached hydrogen (secondary N) is 1. The van der Waals surface area contributed by atoms with Crippen LogP contribution in [0, 0.1) is 11.3 Å². The van der Waals surface area contributed by atoms with Crippen molar-refractivity contribution < 1.29 is 18.3 Å². The highest BCUT2D eigenvalue weighted by Gasteiger charge is 2.30.